The van der Waals surface area contributed by atoms with Gasteiger partial charge >= 0.3 is 0 Å². The second-order valence-electron chi connectivity index (χ2n) is 8.73. The van der Waals surface area contributed by atoms with E-state index in [1.165, 1.54) is 0 Å². The van der Waals surface area contributed by atoms with E-state index in [0.29, 0.717) is 44.2 Å². The van der Waals surface area contributed by atoms with Crippen LogP contribution in [0.4, 0.5) is 11.5 Å². The van der Waals surface area contributed by atoms with Crippen LogP contribution in [0.2, 0.25) is 0 Å². The number of nitrogens with zero attached hydrogens (tertiary/aromatic N) is 5. The van der Waals surface area contributed by atoms with E-state index < -0.39 is 10.0 Å². The summed E-state index contributed by atoms with van der Waals surface area (Å²) in [5.41, 5.74) is 4.36. The molecule has 1 aliphatic heterocycles. The van der Waals surface area contributed by atoms with Gasteiger partial charge in [-0.3, -0.25) is 14.7 Å². The fraction of sp³-hybridized carbons (Fsp3) is 0.478. The molecule has 0 atom stereocenters. The third-order valence-corrected chi connectivity index (χ3v) is 6.49. The zero-order valence-corrected chi connectivity index (χ0v) is 21.0. The number of carbonyl (C=O) groups is 1. The molecule has 1 amide bonds. The molecular formula is C23H31N7O5S. The zero-order valence-electron chi connectivity index (χ0n) is 20.2. The minimum absolute atomic E-state index is 0.308. The number of hydrogen-bond donors (Lipinski definition) is 3. The van der Waals surface area contributed by atoms with E-state index in [4.69, 9.17) is 19.9 Å². The smallest absolute Gasteiger partial charge is 0.243 e. The van der Waals surface area contributed by atoms with E-state index in [1.807, 2.05) is 4.57 Å². The number of fused-ring (bicyclic) bond motifs is 1. The Bertz CT molecular complexity index is 1290. The van der Waals surface area contributed by atoms with Crippen molar-refractivity contribution in [2.45, 2.75) is 38.6 Å². The molecule has 0 radical (unpaired) electrons. The van der Waals surface area contributed by atoms with Crippen LogP contribution in [0.1, 0.15) is 32.1 Å². The molecule has 0 spiro atoms. The Kier molecular flexibility index (Phi) is 8.33. The highest BCUT2D eigenvalue weighted by atomic mass is 32.2. The summed E-state index contributed by atoms with van der Waals surface area (Å²) in [5.74, 6) is 0.924. The molecule has 194 valence electrons. The van der Waals surface area contributed by atoms with Gasteiger partial charge in [-0.2, -0.15) is 0 Å². The number of amides is 1. The minimum atomic E-state index is -3.37. The average molecular weight is 518 g/mol. The average Bonchev–Trinajstić information content (AvgIpc) is 3.28. The van der Waals surface area contributed by atoms with Crippen molar-refractivity contribution in [3.05, 3.63) is 30.6 Å². The highest BCUT2D eigenvalue weighted by Crippen LogP contribution is 2.28. The summed E-state index contributed by atoms with van der Waals surface area (Å²) in [6.07, 6.45) is 6.63. The number of unbranched alkanes of at least 4 members (excludes halogenated alkanes) is 3. The Morgan fingerprint density at radius 1 is 1.08 bits per heavy atom. The quantitative estimate of drug-likeness (QED) is 0.197. The van der Waals surface area contributed by atoms with E-state index in [-0.39, 0.29) is 5.91 Å². The maximum Gasteiger partial charge on any atom is 0.243 e. The van der Waals surface area contributed by atoms with Gasteiger partial charge in [-0.15, -0.1) is 0 Å². The lowest BCUT2D eigenvalue weighted by Crippen LogP contribution is -2.37. The lowest BCUT2D eigenvalue weighted by molar-refractivity contribution is -0.129. The topological polar surface area (TPSA) is 152 Å². The maximum atomic E-state index is 11.5. The second-order valence-corrected chi connectivity index (χ2v) is 10.5. The Morgan fingerprint density at radius 2 is 1.81 bits per heavy atom. The molecule has 3 aromatic rings. The lowest BCUT2D eigenvalue weighted by atomic mass is 10.1. The first-order valence-electron chi connectivity index (χ1n) is 11.9. The first kappa shape index (κ1) is 25.8. The second kappa shape index (κ2) is 11.6. The maximum absolute atomic E-state index is 11.5. The summed E-state index contributed by atoms with van der Waals surface area (Å²) in [6.45, 7) is 3.36. The van der Waals surface area contributed by atoms with Crippen LogP contribution in [0, 0.1) is 0 Å². The van der Waals surface area contributed by atoms with Crippen molar-refractivity contribution in [3.8, 4) is 11.4 Å². The molecule has 1 saturated heterocycles. The number of benzene rings is 1. The molecule has 1 aromatic carbocycles. The van der Waals surface area contributed by atoms with Crippen LogP contribution in [0.25, 0.3) is 22.6 Å². The summed E-state index contributed by atoms with van der Waals surface area (Å²) >= 11 is 0. The van der Waals surface area contributed by atoms with Crippen LogP contribution in [-0.4, -0.2) is 71.6 Å². The molecule has 3 N–H and O–H groups in total. The normalized spacial score (nSPS) is 14.2. The van der Waals surface area contributed by atoms with Gasteiger partial charge in [0.2, 0.25) is 15.9 Å². The van der Waals surface area contributed by atoms with Crippen LogP contribution >= 0.6 is 0 Å². The molecule has 36 heavy (non-hydrogen) atoms. The number of sulfonamides is 1. The Hall–Kier alpha value is -3.29. The number of nitrogens with one attached hydrogen (secondary N) is 2. The molecule has 3 heterocycles. The predicted molar refractivity (Wildman–Crippen MR) is 135 cm³/mol. The van der Waals surface area contributed by atoms with E-state index >= 15 is 0 Å². The van der Waals surface area contributed by atoms with Crippen molar-refractivity contribution >= 4 is 38.6 Å². The van der Waals surface area contributed by atoms with E-state index in [0.717, 1.165) is 61.0 Å². The largest absolute Gasteiger partial charge is 0.378 e. The fourth-order valence-corrected chi connectivity index (χ4v) is 4.66. The van der Waals surface area contributed by atoms with Gasteiger partial charge in [0.05, 0.1) is 25.8 Å². The summed E-state index contributed by atoms with van der Waals surface area (Å²) in [4.78, 5) is 27.6. The molecule has 0 saturated carbocycles. The number of aryl methyl sites for hydroxylation is 1. The summed E-state index contributed by atoms with van der Waals surface area (Å²) in [7, 11) is -3.37. The van der Waals surface area contributed by atoms with Crippen LogP contribution in [-0.2, 0) is 26.1 Å². The lowest BCUT2D eigenvalue weighted by Gasteiger charge is -2.28. The van der Waals surface area contributed by atoms with Crippen LogP contribution in [0.3, 0.4) is 0 Å². The Morgan fingerprint density at radius 3 is 2.50 bits per heavy atom. The number of ether oxygens (including phenoxy) is 1. The summed E-state index contributed by atoms with van der Waals surface area (Å²) < 4.78 is 33.0. The van der Waals surface area contributed by atoms with Gasteiger partial charge in [0.1, 0.15) is 0 Å². The Labute approximate surface area is 209 Å². The molecular weight excluding hydrogens is 486 g/mol. The van der Waals surface area contributed by atoms with E-state index in [2.05, 4.69) is 14.6 Å². The summed E-state index contributed by atoms with van der Waals surface area (Å²) in [6, 6.07) is 6.96. The fourth-order valence-electron chi connectivity index (χ4n) is 4.10. The molecule has 1 aliphatic rings. The highest BCUT2D eigenvalue weighted by Gasteiger charge is 2.21. The van der Waals surface area contributed by atoms with Crippen LogP contribution < -0.4 is 15.1 Å². The molecule has 0 bridgehead atoms. The van der Waals surface area contributed by atoms with E-state index in [9.17, 15) is 13.2 Å². The number of hydrogen-bond acceptors (Lipinski definition) is 9. The third-order valence-electron chi connectivity index (χ3n) is 5.88. The van der Waals surface area contributed by atoms with Gasteiger partial charge in [-0.1, -0.05) is 12.8 Å². The number of imidazole rings is 1. The van der Waals surface area contributed by atoms with Crippen LogP contribution in [0.5, 0.6) is 0 Å². The third kappa shape index (κ3) is 6.68. The molecule has 0 unspecified atom stereocenters. The number of anilines is 2. The van der Waals surface area contributed by atoms with Crippen molar-refractivity contribution in [1.29, 1.82) is 0 Å². The van der Waals surface area contributed by atoms with Gasteiger partial charge in [0.15, 0.2) is 22.8 Å². The predicted octanol–water partition coefficient (Wildman–Crippen LogP) is 2.16. The van der Waals surface area contributed by atoms with Gasteiger partial charge in [0, 0.05) is 37.3 Å². The van der Waals surface area contributed by atoms with Crippen molar-refractivity contribution in [2.24, 2.45) is 0 Å². The molecule has 2 aromatic heterocycles. The van der Waals surface area contributed by atoms with Crippen molar-refractivity contribution < 1.29 is 23.2 Å². The standard InChI is InChI=1S/C23H31N7O5S/c1-36(33,34)28-18-9-7-17(8-10-18)21-25-22(29-12-14-35-15-13-29)20-23(26-21)30(16-24-20)11-5-3-2-4-6-19(31)27-32/h7-10,16,28,32H,2-6,11-15H2,1H3,(H,27,31). The summed E-state index contributed by atoms with van der Waals surface area (Å²) in [5, 5.41) is 8.58. The number of morpholine rings is 1. The van der Waals surface area contributed by atoms with Gasteiger partial charge in [0.25, 0.3) is 0 Å². The molecule has 1 fully saturated rings. The number of aromatic nitrogens is 4. The Balaban J connectivity index is 1.57. The zero-order chi connectivity index (χ0) is 25.5. The number of carbonyl (C=O) groups excluding carboxylic acids is 1. The SMILES string of the molecule is CS(=O)(=O)Nc1ccc(-c2nc(N3CCOCC3)c3ncn(CCCCCCC(=O)NO)c3n2)cc1. The van der Waals surface area contributed by atoms with Gasteiger partial charge < -0.3 is 14.2 Å². The van der Waals surface area contributed by atoms with Gasteiger partial charge in [-0.05, 0) is 37.1 Å². The molecule has 4 rings (SSSR count). The monoisotopic (exact) mass is 517 g/mol. The van der Waals surface area contributed by atoms with Crippen molar-refractivity contribution in [1.82, 2.24) is 25.0 Å². The molecule has 12 nitrogen and oxygen atoms in total. The molecule has 0 aliphatic carbocycles. The molecule has 13 heteroatoms. The van der Waals surface area contributed by atoms with E-state index in [1.54, 1.807) is 36.1 Å². The highest BCUT2D eigenvalue weighted by molar-refractivity contribution is 7.92. The number of hydroxylamine groups is 1. The van der Waals surface area contributed by atoms with Gasteiger partial charge in [-0.25, -0.2) is 28.8 Å². The number of rotatable bonds is 11. The van der Waals surface area contributed by atoms with Crippen molar-refractivity contribution in [2.75, 3.05) is 42.2 Å². The first-order chi connectivity index (χ1) is 17.3. The first-order valence-corrected chi connectivity index (χ1v) is 13.8. The van der Waals surface area contributed by atoms with Crippen molar-refractivity contribution in [3.63, 3.8) is 0 Å². The van der Waals surface area contributed by atoms with Crippen LogP contribution in [0.15, 0.2) is 30.6 Å². The minimum Gasteiger partial charge on any atom is -0.378 e.